The maximum absolute atomic E-state index is 11.9. The van der Waals surface area contributed by atoms with Gasteiger partial charge in [0.05, 0.1) is 12.6 Å². The lowest BCUT2D eigenvalue weighted by atomic mass is 10.2. The van der Waals surface area contributed by atoms with E-state index in [4.69, 9.17) is 4.74 Å². The first kappa shape index (κ1) is 11.9. The Labute approximate surface area is 101 Å². The van der Waals surface area contributed by atoms with Crippen LogP contribution in [0.25, 0.3) is 0 Å². The number of rotatable bonds is 4. The largest absolute Gasteiger partial charge is 0.476 e. The van der Waals surface area contributed by atoms with Crippen LogP contribution in [0.3, 0.4) is 0 Å². The minimum Gasteiger partial charge on any atom is -0.476 e. The van der Waals surface area contributed by atoms with Gasteiger partial charge in [0, 0.05) is 6.20 Å². The summed E-state index contributed by atoms with van der Waals surface area (Å²) in [5, 5.41) is 6.00. The van der Waals surface area contributed by atoms with Crippen LogP contribution in [0, 0.1) is 0 Å². The average molecular weight is 235 g/mol. The lowest BCUT2D eigenvalue weighted by Crippen LogP contribution is -2.35. The summed E-state index contributed by atoms with van der Waals surface area (Å²) < 4.78 is 5.35. The number of pyridine rings is 1. The minimum absolute atomic E-state index is 0.0172. The lowest BCUT2D eigenvalue weighted by molar-refractivity contribution is -0.117. The van der Waals surface area contributed by atoms with Gasteiger partial charge in [-0.15, -0.1) is 0 Å². The summed E-state index contributed by atoms with van der Waals surface area (Å²) in [6.45, 7) is 3.32. The van der Waals surface area contributed by atoms with Crippen LogP contribution in [0.1, 0.15) is 19.8 Å². The van der Waals surface area contributed by atoms with Crippen molar-refractivity contribution < 1.29 is 9.53 Å². The third-order valence-corrected chi connectivity index (χ3v) is 2.69. The van der Waals surface area contributed by atoms with E-state index in [1.54, 1.807) is 18.3 Å². The molecule has 0 aliphatic carbocycles. The summed E-state index contributed by atoms with van der Waals surface area (Å²) in [5.41, 5.74) is 0.632. The number of nitrogens with zero attached hydrogens (tertiary/aromatic N) is 1. The molecule has 1 aliphatic heterocycles. The molecule has 1 fully saturated rings. The number of amides is 1. The number of aromatic nitrogens is 1. The lowest BCUT2D eigenvalue weighted by Gasteiger charge is -2.13. The van der Waals surface area contributed by atoms with E-state index in [1.807, 2.05) is 6.92 Å². The van der Waals surface area contributed by atoms with E-state index in [0.717, 1.165) is 19.4 Å². The van der Waals surface area contributed by atoms with Crippen LogP contribution in [-0.2, 0) is 4.79 Å². The maximum atomic E-state index is 11.9. The molecule has 5 heteroatoms. The van der Waals surface area contributed by atoms with Crippen molar-refractivity contribution in [2.45, 2.75) is 25.8 Å². The van der Waals surface area contributed by atoms with Gasteiger partial charge in [-0.25, -0.2) is 4.98 Å². The highest BCUT2D eigenvalue weighted by Crippen LogP contribution is 2.21. The number of nitrogens with one attached hydrogen (secondary N) is 2. The number of carbonyl (C=O) groups is 1. The summed E-state index contributed by atoms with van der Waals surface area (Å²) in [4.78, 5) is 16.0. The van der Waals surface area contributed by atoms with Crippen LogP contribution in [0.4, 0.5) is 5.69 Å². The zero-order chi connectivity index (χ0) is 12.1. The molecule has 1 aromatic heterocycles. The molecule has 92 valence electrons. The van der Waals surface area contributed by atoms with Crippen LogP contribution < -0.4 is 15.4 Å². The molecule has 0 radical (unpaired) electrons. The fraction of sp³-hybridized carbons (Fsp3) is 0.500. The zero-order valence-electron chi connectivity index (χ0n) is 9.90. The normalized spacial score (nSPS) is 19.0. The summed E-state index contributed by atoms with van der Waals surface area (Å²) in [6.07, 6.45) is 3.58. The first-order valence-corrected chi connectivity index (χ1v) is 5.93. The summed E-state index contributed by atoms with van der Waals surface area (Å²) >= 11 is 0. The molecule has 2 N–H and O–H groups in total. The highest BCUT2D eigenvalue weighted by atomic mass is 16.5. The van der Waals surface area contributed by atoms with Crippen molar-refractivity contribution in [3.05, 3.63) is 18.3 Å². The summed E-state index contributed by atoms with van der Waals surface area (Å²) in [6, 6.07) is 3.48. The zero-order valence-corrected chi connectivity index (χ0v) is 9.90. The van der Waals surface area contributed by atoms with Gasteiger partial charge in [-0.2, -0.15) is 0 Å². The van der Waals surface area contributed by atoms with Gasteiger partial charge < -0.3 is 15.4 Å². The molecule has 0 saturated carbocycles. The van der Waals surface area contributed by atoms with Gasteiger partial charge in [0.15, 0.2) is 0 Å². The molecule has 17 heavy (non-hydrogen) atoms. The third kappa shape index (κ3) is 2.94. The molecule has 1 amide bonds. The van der Waals surface area contributed by atoms with Gasteiger partial charge in [0.2, 0.25) is 11.8 Å². The molecule has 1 aliphatic rings. The van der Waals surface area contributed by atoms with Crippen LogP contribution in [-0.4, -0.2) is 30.1 Å². The van der Waals surface area contributed by atoms with Gasteiger partial charge in [0.25, 0.3) is 0 Å². The third-order valence-electron chi connectivity index (χ3n) is 2.69. The van der Waals surface area contributed by atoms with Crippen LogP contribution in [0.5, 0.6) is 5.88 Å². The molecular formula is C12H17N3O2. The second-order valence-corrected chi connectivity index (χ2v) is 3.93. The first-order valence-electron chi connectivity index (χ1n) is 5.93. The number of hydrogen-bond donors (Lipinski definition) is 2. The van der Waals surface area contributed by atoms with Crippen molar-refractivity contribution in [1.29, 1.82) is 0 Å². The number of hydrogen-bond acceptors (Lipinski definition) is 4. The van der Waals surface area contributed by atoms with Crippen molar-refractivity contribution in [2.24, 2.45) is 0 Å². The van der Waals surface area contributed by atoms with Gasteiger partial charge >= 0.3 is 0 Å². The summed E-state index contributed by atoms with van der Waals surface area (Å²) in [7, 11) is 0. The molecule has 2 heterocycles. The Morgan fingerprint density at radius 1 is 1.71 bits per heavy atom. The Morgan fingerprint density at radius 2 is 2.59 bits per heavy atom. The maximum Gasteiger partial charge on any atom is 0.241 e. The van der Waals surface area contributed by atoms with Crippen molar-refractivity contribution in [1.82, 2.24) is 10.3 Å². The van der Waals surface area contributed by atoms with E-state index >= 15 is 0 Å². The molecule has 2 rings (SSSR count). The van der Waals surface area contributed by atoms with Crippen LogP contribution in [0.2, 0.25) is 0 Å². The van der Waals surface area contributed by atoms with Crippen LogP contribution in [0.15, 0.2) is 18.3 Å². The van der Waals surface area contributed by atoms with Crippen molar-refractivity contribution in [3.63, 3.8) is 0 Å². The Balaban J connectivity index is 2.04. The molecule has 1 saturated heterocycles. The van der Waals surface area contributed by atoms with Gasteiger partial charge in [-0.1, -0.05) is 0 Å². The number of ether oxygens (including phenoxy) is 1. The average Bonchev–Trinajstić information content (AvgIpc) is 2.85. The Bertz CT molecular complexity index is 389. The minimum atomic E-state index is -0.0929. The smallest absolute Gasteiger partial charge is 0.241 e. The molecule has 0 unspecified atom stereocenters. The second-order valence-electron chi connectivity index (χ2n) is 3.93. The molecule has 0 bridgehead atoms. The molecule has 5 nitrogen and oxygen atoms in total. The van der Waals surface area contributed by atoms with Crippen molar-refractivity contribution >= 4 is 11.6 Å². The Hall–Kier alpha value is -1.62. The highest BCUT2D eigenvalue weighted by molar-refractivity contribution is 5.95. The fourth-order valence-electron chi connectivity index (χ4n) is 1.87. The fourth-order valence-corrected chi connectivity index (χ4v) is 1.87. The Kier molecular flexibility index (Phi) is 3.93. The van der Waals surface area contributed by atoms with E-state index < -0.39 is 0 Å². The quantitative estimate of drug-likeness (QED) is 0.822. The van der Waals surface area contributed by atoms with Gasteiger partial charge in [-0.3, -0.25) is 4.79 Å². The topological polar surface area (TPSA) is 63.2 Å². The Morgan fingerprint density at radius 3 is 3.29 bits per heavy atom. The standard InChI is InChI=1S/C12H17N3O2/c1-2-17-12-10(6-4-8-14-12)15-11(16)9-5-3-7-13-9/h4,6,8-9,13H,2-3,5,7H2,1H3,(H,15,16)/t9-/m0/s1. The van der Waals surface area contributed by atoms with E-state index in [1.165, 1.54) is 0 Å². The monoisotopic (exact) mass is 235 g/mol. The number of anilines is 1. The molecular weight excluding hydrogens is 218 g/mol. The van der Waals surface area contributed by atoms with E-state index in [9.17, 15) is 4.79 Å². The predicted octanol–water partition coefficient (Wildman–Crippen LogP) is 1.17. The molecule has 0 aromatic carbocycles. The van der Waals surface area contributed by atoms with Crippen molar-refractivity contribution in [3.8, 4) is 5.88 Å². The second kappa shape index (κ2) is 5.63. The van der Waals surface area contributed by atoms with E-state index in [2.05, 4.69) is 15.6 Å². The molecule has 0 spiro atoms. The number of carbonyl (C=O) groups excluding carboxylic acids is 1. The predicted molar refractivity (Wildman–Crippen MR) is 65.1 cm³/mol. The van der Waals surface area contributed by atoms with Crippen LogP contribution >= 0.6 is 0 Å². The van der Waals surface area contributed by atoms with E-state index in [-0.39, 0.29) is 11.9 Å². The van der Waals surface area contributed by atoms with Crippen molar-refractivity contribution in [2.75, 3.05) is 18.5 Å². The molecule has 1 atom stereocenters. The van der Waals surface area contributed by atoms with Gasteiger partial charge in [0.1, 0.15) is 5.69 Å². The first-order chi connectivity index (χ1) is 8.31. The SMILES string of the molecule is CCOc1ncccc1NC(=O)[C@@H]1CCCN1. The van der Waals surface area contributed by atoms with Gasteiger partial charge in [-0.05, 0) is 38.4 Å². The summed E-state index contributed by atoms with van der Waals surface area (Å²) in [5.74, 6) is 0.456. The van der Waals surface area contributed by atoms with E-state index in [0.29, 0.717) is 18.2 Å². The highest BCUT2D eigenvalue weighted by Gasteiger charge is 2.22. The molecule has 1 aromatic rings.